The lowest BCUT2D eigenvalue weighted by Crippen LogP contribution is -2.30. The fourth-order valence-corrected chi connectivity index (χ4v) is 1.33. The van der Waals surface area contributed by atoms with Crippen molar-refractivity contribution in [3.05, 3.63) is 0 Å². The zero-order valence-electron chi connectivity index (χ0n) is 7.56. The van der Waals surface area contributed by atoms with Gasteiger partial charge in [0.1, 0.15) is 5.78 Å². The lowest BCUT2D eigenvalue weighted by molar-refractivity contribution is -0.188. The molecule has 6 nitrogen and oxygen atoms in total. The van der Waals surface area contributed by atoms with E-state index in [2.05, 4.69) is 4.84 Å². The van der Waals surface area contributed by atoms with E-state index >= 15 is 0 Å². The van der Waals surface area contributed by atoms with Crippen molar-refractivity contribution in [3.63, 3.8) is 0 Å². The molecule has 1 heterocycles. The largest absolute Gasteiger partial charge is 0.334 e. The van der Waals surface area contributed by atoms with Gasteiger partial charge in [0, 0.05) is 12.8 Å². The molecule has 0 N–H and O–H groups in total. The number of imide groups is 1. The van der Waals surface area contributed by atoms with Gasteiger partial charge >= 0.3 is 6.47 Å². The topological polar surface area (TPSA) is 80.8 Å². The molecule has 0 aromatic rings. The van der Waals surface area contributed by atoms with Crippen molar-refractivity contribution in [1.29, 1.82) is 0 Å². The molecule has 0 saturated carbocycles. The van der Waals surface area contributed by atoms with E-state index in [1.165, 1.54) is 6.92 Å². The molecular formula is C8H9NO5. The van der Waals surface area contributed by atoms with Gasteiger partial charge in [-0.05, 0) is 6.92 Å². The smallest absolute Gasteiger partial charge is 0.321 e. The fourth-order valence-electron chi connectivity index (χ4n) is 1.33. The summed E-state index contributed by atoms with van der Waals surface area (Å²) in [6.07, 6.45) is -0.0739. The Morgan fingerprint density at radius 3 is 2.79 bits per heavy atom. The molecular weight excluding hydrogens is 190 g/mol. The van der Waals surface area contributed by atoms with E-state index in [9.17, 15) is 19.2 Å². The summed E-state index contributed by atoms with van der Waals surface area (Å²) >= 11 is 0. The van der Waals surface area contributed by atoms with E-state index in [1.807, 2.05) is 0 Å². The Morgan fingerprint density at radius 2 is 2.29 bits per heavy atom. The van der Waals surface area contributed by atoms with Gasteiger partial charge in [0.05, 0.1) is 5.92 Å². The Kier molecular flexibility index (Phi) is 2.95. The molecule has 1 aliphatic rings. The first kappa shape index (κ1) is 10.4. The van der Waals surface area contributed by atoms with E-state index in [4.69, 9.17) is 0 Å². The minimum absolute atomic E-state index is 0.00326. The predicted octanol–water partition coefficient (Wildman–Crippen LogP) is -0.571. The molecule has 0 bridgehead atoms. The molecule has 2 amide bonds. The standard InChI is InChI=1S/C8H9NO5/c1-5(11)2-6-3-7(12)9(8(6)13)14-4-10/h4,6H,2-3H2,1H3. The number of ketones is 1. The Balaban J connectivity index is 2.68. The lowest BCUT2D eigenvalue weighted by Gasteiger charge is -2.09. The van der Waals surface area contributed by atoms with Gasteiger partial charge in [0.15, 0.2) is 0 Å². The third-order valence-corrected chi connectivity index (χ3v) is 1.88. The monoisotopic (exact) mass is 199 g/mol. The highest BCUT2D eigenvalue weighted by atomic mass is 16.7. The molecule has 0 aromatic heterocycles. The van der Waals surface area contributed by atoms with Crippen molar-refractivity contribution in [2.24, 2.45) is 5.92 Å². The van der Waals surface area contributed by atoms with Crippen molar-refractivity contribution < 1.29 is 24.0 Å². The SMILES string of the molecule is CC(=O)CC1CC(=O)N(OC=O)C1=O. The summed E-state index contributed by atoms with van der Waals surface area (Å²) < 4.78 is 0. The first-order valence-corrected chi connectivity index (χ1v) is 4.03. The van der Waals surface area contributed by atoms with Crippen molar-refractivity contribution >= 4 is 24.1 Å². The molecule has 76 valence electrons. The van der Waals surface area contributed by atoms with Gasteiger partial charge < -0.3 is 9.63 Å². The third-order valence-electron chi connectivity index (χ3n) is 1.88. The average molecular weight is 199 g/mol. The van der Waals surface area contributed by atoms with Crippen LogP contribution in [0.4, 0.5) is 0 Å². The van der Waals surface area contributed by atoms with E-state index in [0.29, 0.717) is 5.06 Å². The minimum Gasteiger partial charge on any atom is -0.334 e. The molecule has 14 heavy (non-hydrogen) atoms. The molecule has 1 saturated heterocycles. The van der Waals surface area contributed by atoms with Gasteiger partial charge in [-0.2, -0.15) is 0 Å². The Bertz CT molecular complexity index is 298. The van der Waals surface area contributed by atoms with Crippen LogP contribution in [-0.4, -0.2) is 29.1 Å². The van der Waals surface area contributed by atoms with E-state index in [1.54, 1.807) is 0 Å². The molecule has 1 rings (SSSR count). The first-order chi connectivity index (χ1) is 6.56. The summed E-state index contributed by atoms with van der Waals surface area (Å²) in [5, 5.41) is 0.403. The zero-order chi connectivity index (χ0) is 10.7. The highest BCUT2D eigenvalue weighted by Crippen LogP contribution is 2.22. The number of hydroxylamine groups is 2. The molecule has 1 atom stereocenters. The van der Waals surface area contributed by atoms with E-state index in [-0.39, 0.29) is 25.1 Å². The van der Waals surface area contributed by atoms with Crippen molar-refractivity contribution in [2.45, 2.75) is 19.8 Å². The maximum absolute atomic E-state index is 11.3. The number of Topliss-reactive ketones (excluding diaryl/α,β-unsaturated/α-hetero) is 1. The zero-order valence-corrected chi connectivity index (χ0v) is 7.56. The van der Waals surface area contributed by atoms with Gasteiger partial charge in [-0.25, -0.2) is 0 Å². The summed E-state index contributed by atoms with van der Waals surface area (Å²) in [5.41, 5.74) is 0. The molecule has 0 spiro atoms. The lowest BCUT2D eigenvalue weighted by atomic mass is 10.0. The normalized spacial score (nSPS) is 21.2. The van der Waals surface area contributed by atoms with Crippen molar-refractivity contribution in [1.82, 2.24) is 5.06 Å². The Morgan fingerprint density at radius 1 is 1.64 bits per heavy atom. The quantitative estimate of drug-likeness (QED) is 0.447. The maximum Gasteiger partial charge on any atom is 0.321 e. The van der Waals surface area contributed by atoms with Crippen LogP contribution in [0.25, 0.3) is 0 Å². The number of amides is 2. The minimum atomic E-state index is -0.681. The summed E-state index contributed by atoms with van der Waals surface area (Å²) in [4.78, 5) is 47.2. The average Bonchev–Trinajstić information content (AvgIpc) is 2.32. The van der Waals surface area contributed by atoms with Crippen molar-refractivity contribution in [2.75, 3.05) is 0 Å². The van der Waals surface area contributed by atoms with Gasteiger partial charge in [-0.15, -0.1) is 5.06 Å². The maximum atomic E-state index is 11.3. The van der Waals surface area contributed by atoms with Crippen LogP contribution in [0, 0.1) is 5.92 Å². The van der Waals surface area contributed by atoms with Gasteiger partial charge in [0.2, 0.25) is 0 Å². The second kappa shape index (κ2) is 3.99. The molecule has 1 fully saturated rings. The summed E-state index contributed by atoms with van der Waals surface area (Å²) in [7, 11) is 0. The van der Waals surface area contributed by atoms with Crippen LogP contribution < -0.4 is 0 Å². The Labute approximate surface area is 79.8 Å². The molecule has 0 aromatic carbocycles. The van der Waals surface area contributed by atoms with Crippen LogP contribution in [0.1, 0.15) is 19.8 Å². The fraction of sp³-hybridized carbons (Fsp3) is 0.500. The molecule has 1 aliphatic heterocycles. The summed E-state index contributed by atoms with van der Waals surface area (Å²) in [5.74, 6) is -2.07. The highest BCUT2D eigenvalue weighted by molar-refractivity contribution is 6.04. The number of carbonyl (C=O) groups is 4. The number of rotatable bonds is 4. The number of hydrogen-bond donors (Lipinski definition) is 0. The summed E-state index contributed by atoms with van der Waals surface area (Å²) in [6.45, 7) is 1.34. The van der Waals surface area contributed by atoms with Gasteiger partial charge in [-0.1, -0.05) is 0 Å². The van der Waals surface area contributed by atoms with Crippen LogP contribution >= 0.6 is 0 Å². The van der Waals surface area contributed by atoms with Gasteiger partial charge in [-0.3, -0.25) is 14.4 Å². The number of nitrogens with zero attached hydrogens (tertiary/aromatic N) is 1. The number of hydrogen-bond acceptors (Lipinski definition) is 5. The molecule has 1 unspecified atom stereocenters. The van der Waals surface area contributed by atoms with Crippen LogP contribution in [0.2, 0.25) is 0 Å². The van der Waals surface area contributed by atoms with Crippen LogP contribution in [-0.2, 0) is 24.0 Å². The second-order valence-corrected chi connectivity index (χ2v) is 3.04. The van der Waals surface area contributed by atoms with Crippen LogP contribution in [0.3, 0.4) is 0 Å². The first-order valence-electron chi connectivity index (χ1n) is 4.03. The predicted molar refractivity (Wildman–Crippen MR) is 42.4 cm³/mol. The van der Waals surface area contributed by atoms with Crippen molar-refractivity contribution in [3.8, 4) is 0 Å². The molecule has 0 radical (unpaired) electrons. The van der Waals surface area contributed by atoms with Crippen LogP contribution in [0.5, 0.6) is 0 Å². The Hall–Kier alpha value is -1.72. The number of carbonyl (C=O) groups excluding carboxylic acids is 4. The van der Waals surface area contributed by atoms with Crippen LogP contribution in [0.15, 0.2) is 0 Å². The third kappa shape index (κ3) is 1.95. The highest BCUT2D eigenvalue weighted by Gasteiger charge is 2.40. The molecule has 6 heteroatoms. The van der Waals surface area contributed by atoms with Gasteiger partial charge in [0.25, 0.3) is 11.8 Å². The van der Waals surface area contributed by atoms with E-state index < -0.39 is 17.7 Å². The summed E-state index contributed by atoms with van der Waals surface area (Å²) in [6, 6.07) is 0. The van der Waals surface area contributed by atoms with E-state index in [0.717, 1.165) is 0 Å². The second-order valence-electron chi connectivity index (χ2n) is 3.04. The molecule has 0 aliphatic carbocycles.